The van der Waals surface area contributed by atoms with Gasteiger partial charge in [-0.1, -0.05) is 81.8 Å². The molecule has 0 saturated heterocycles. The molecule has 194 valence electrons. The first-order valence-corrected chi connectivity index (χ1v) is 14.7. The average molecular weight is 509 g/mol. The molecule has 2 aliphatic rings. The molecule has 4 heteroatoms. The van der Waals surface area contributed by atoms with Crippen molar-refractivity contribution in [2.24, 2.45) is 11.3 Å². The lowest BCUT2D eigenvalue weighted by Gasteiger charge is -2.45. The van der Waals surface area contributed by atoms with Crippen LogP contribution in [0.4, 0.5) is 0 Å². The van der Waals surface area contributed by atoms with E-state index < -0.39 is 10.8 Å². The van der Waals surface area contributed by atoms with Crippen molar-refractivity contribution in [1.29, 1.82) is 0 Å². The van der Waals surface area contributed by atoms with E-state index in [9.17, 15) is 9.32 Å². The van der Waals surface area contributed by atoms with Crippen molar-refractivity contribution in [3.05, 3.63) is 58.0 Å². The summed E-state index contributed by atoms with van der Waals surface area (Å²) in [5, 5.41) is 10.1. The largest absolute Gasteiger partial charge is 0.388 e. The fourth-order valence-corrected chi connectivity index (χ4v) is 6.86. The second-order valence-electron chi connectivity index (χ2n) is 10.6. The molecule has 0 aromatic rings. The summed E-state index contributed by atoms with van der Waals surface area (Å²) in [5.41, 5.74) is 4.90. The number of halogens is 1. The van der Waals surface area contributed by atoms with Crippen LogP contribution < -0.4 is 0 Å². The first-order chi connectivity index (χ1) is 15.9. The lowest BCUT2D eigenvalue weighted by Crippen LogP contribution is -2.34. The van der Waals surface area contributed by atoms with Crippen LogP contribution in [0.1, 0.15) is 106 Å². The Bertz CT molecular complexity index is 827. The Morgan fingerprint density at radius 1 is 1.24 bits per heavy atom. The van der Waals surface area contributed by atoms with E-state index in [0.29, 0.717) is 10.3 Å². The van der Waals surface area contributed by atoms with Gasteiger partial charge >= 0.3 is 0 Å². The van der Waals surface area contributed by atoms with Crippen LogP contribution in [0.25, 0.3) is 0 Å². The molecule has 2 aliphatic carbocycles. The van der Waals surface area contributed by atoms with E-state index in [1.54, 1.807) is 0 Å². The third-order valence-electron chi connectivity index (χ3n) is 7.32. The summed E-state index contributed by atoms with van der Waals surface area (Å²) in [6, 6.07) is 0. The van der Waals surface area contributed by atoms with E-state index in [1.165, 1.54) is 16.7 Å². The molecule has 0 aromatic carbocycles. The van der Waals surface area contributed by atoms with E-state index >= 15 is 0 Å². The van der Waals surface area contributed by atoms with E-state index in [1.807, 2.05) is 40.7 Å². The number of aliphatic hydroxyl groups is 1. The molecule has 0 bridgehead atoms. The standard InChI is InChI=1S/C28H43ClO2S.C2H6/c1-8-24-23(18-17-22-13-10-15-25(30)21(22)3)14-11-19-28(24,7)20(2)12-9-16-26(29)32(31)27(4,5)6;1-2/h16-18,24-25,30H,2-3,8-15,19H2,1,4-7H3;1-2H3/b22-17-,23-18+,26-16-;. The molecule has 0 aromatic heterocycles. The molecule has 4 atom stereocenters. The third kappa shape index (κ3) is 8.07. The second-order valence-corrected chi connectivity index (χ2v) is 13.5. The lowest BCUT2D eigenvalue weighted by molar-refractivity contribution is 0.191. The SMILES string of the molecule is C=C1/C(=C\C=C2/CCCC(C)(C(=C)CC/C=C(/Cl)S(=O)C(C)(C)C)C2CC)CCCC1O.CC. The highest BCUT2D eigenvalue weighted by molar-refractivity contribution is 7.92. The maximum Gasteiger partial charge on any atom is 0.101 e. The van der Waals surface area contributed by atoms with Crippen LogP contribution in [0.2, 0.25) is 0 Å². The lowest BCUT2D eigenvalue weighted by atomic mass is 9.60. The van der Waals surface area contributed by atoms with Crippen molar-refractivity contribution in [3.63, 3.8) is 0 Å². The molecule has 1 N–H and O–H groups in total. The van der Waals surface area contributed by atoms with Crippen molar-refractivity contribution in [2.75, 3.05) is 0 Å². The van der Waals surface area contributed by atoms with Crippen LogP contribution in [0.3, 0.4) is 0 Å². The quantitative estimate of drug-likeness (QED) is 0.348. The third-order valence-corrected chi connectivity index (χ3v) is 9.52. The highest BCUT2D eigenvalue weighted by Gasteiger charge is 2.39. The van der Waals surface area contributed by atoms with Gasteiger partial charge in [0.1, 0.15) is 4.36 Å². The van der Waals surface area contributed by atoms with Gasteiger partial charge in [0, 0.05) is 4.75 Å². The van der Waals surface area contributed by atoms with E-state index in [0.717, 1.165) is 63.4 Å². The van der Waals surface area contributed by atoms with Gasteiger partial charge in [0.2, 0.25) is 0 Å². The van der Waals surface area contributed by atoms with Gasteiger partial charge in [-0.2, -0.15) is 0 Å². The summed E-state index contributed by atoms with van der Waals surface area (Å²) >= 11 is 6.33. The van der Waals surface area contributed by atoms with Crippen LogP contribution in [0.15, 0.2) is 58.0 Å². The van der Waals surface area contributed by atoms with Gasteiger partial charge in [-0.15, -0.1) is 0 Å². The van der Waals surface area contributed by atoms with Crippen LogP contribution in [-0.4, -0.2) is 20.2 Å². The number of aliphatic hydroxyl groups excluding tert-OH is 1. The first kappa shape index (κ1) is 31.1. The fourth-order valence-electron chi connectivity index (χ4n) is 5.20. The molecule has 0 radical (unpaired) electrons. The minimum atomic E-state index is -1.18. The molecule has 2 fully saturated rings. The average Bonchev–Trinajstić information content (AvgIpc) is 2.80. The van der Waals surface area contributed by atoms with Crippen LogP contribution in [-0.2, 0) is 10.8 Å². The Hall–Kier alpha value is -0.900. The van der Waals surface area contributed by atoms with Gasteiger partial charge in [0.25, 0.3) is 0 Å². The Morgan fingerprint density at radius 2 is 1.88 bits per heavy atom. The highest BCUT2D eigenvalue weighted by Crippen LogP contribution is 2.51. The molecular weight excluding hydrogens is 460 g/mol. The molecule has 2 rings (SSSR count). The van der Waals surface area contributed by atoms with Gasteiger partial charge in [-0.25, -0.2) is 0 Å². The molecule has 0 heterocycles. The van der Waals surface area contributed by atoms with Crippen molar-refractivity contribution < 1.29 is 9.32 Å². The summed E-state index contributed by atoms with van der Waals surface area (Å²) in [6.45, 7) is 23.1. The van der Waals surface area contributed by atoms with Crippen molar-refractivity contribution in [3.8, 4) is 0 Å². The Kier molecular flexibility index (Phi) is 12.8. The van der Waals surface area contributed by atoms with Gasteiger partial charge < -0.3 is 5.11 Å². The summed E-state index contributed by atoms with van der Waals surface area (Å²) in [4.78, 5) is 0. The monoisotopic (exact) mass is 508 g/mol. The maximum atomic E-state index is 12.4. The van der Waals surface area contributed by atoms with Crippen LogP contribution in [0.5, 0.6) is 0 Å². The minimum absolute atomic E-state index is 0.0594. The molecule has 2 saturated carbocycles. The summed E-state index contributed by atoms with van der Waals surface area (Å²) < 4.78 is 12.6. The second kappa shape index (κ2) is 14.0. The topological polar surface area (TPSA) is 37.3 Å². The zero-order valence-electron chi connectivity index (χ0n) is 22.8. The summed E-state index contributed by atoms with van der Waals surface area (Å²) in [5.74, 6) is 0.463. The Balaban J connectivity index is 0.00000281. The normalized spacial score (nSPS) is 29.6. The van der Waals surface area contributed by atoms with Crippen molar-refractivity contribution in [1.82, 2.24) is 0 Å². The number of hydrogen-bond donors (Lipinski definition) is 1. The predicted molar refractivity (Wildman–Crippen MR) is 152 cm³/mol. The zero-order valence-corrected chi connectivity index (χ0v) is 24.4. The van der Waals surface area contributed by atoms with E-state index in [-0.39, 0.29) is 16.3 Å². The van der Waals surface area contributed by atoms with E-state index in [2.05, 4.69) is 39.2 Å². The van der Waals surface area contributed by atoms with Crippen LogP contribution in [0, 0.1) is 11.3 Å². The van der Waals surface area contributed by atoms with E-state index in [4.69, 9.17) is 11.6 Å². The van der Waals surface area contributed by atoms with Gasteiger partial charge in [0.15, 0.2) is 0 Å². The highest BCUT2D eigenvalue weighted by atomic mass is 35.5. The number of hydrogen-bond acceptors (Lipinski definition) is 2. The summed E-state index contributed by atoms with van der Waals surface area (Å²) in [6.07, 6.45) is 15.0. The Morgan fingerprint density at radius 3 is 2.47 bits per heavy atom. The number of rotatable bonds is 7. The minimum Gasteiger partial charge on any atom is -0.388 e. The predicted octanol–water partition coefficient (Wildman–Crippen LogP) is 9.15. The molecule has 0 amide bonds. The van der Waals surface area contributed by atoms with Gasteiger partial charge in [-0.3, -0.25) is 4.21 Å². The fraction of sp³-hybridized carbons (Fsp3) is 0.667. The summed E-state index contributed by atoms with van der Waals surface area (Å²) in [7, 11) is -1.18. The van der Waals surface area contributed by atoms with Gasteiger partial charge in [0.05, 0.1) is 16.9 Å². The first-order valence-electron chi connectivity index (χ1n) is 13.1. The molecule has 0 aliphatic heterocycles. The van der Waals surface area contributed by atoms with Gasteiger partial charge in [-0.05, 0) is 101 Å². The Labute approximate surface area is 217 Å². The zero-order chi connectivity index (χ0) is 26.1. The smallest absolute Gasteiger partial charge is 0.101 e. The van der Waals surface area contributed by atoms with Crippen molar-refractivity contribution >= 4 is 22.4 Å². The number of allylic oxidation sites excluding steroid dienone is 5. The molecule has 0 spiro atoms. The molecule has 2 nitrogen and oxygen atoms in total. The molecule has 34 heavy (non-hydrogen) atoms. The maximum absolute atomic E-state index is 12.4. The molecular formula is C30H49ClO2S. The van der Waals surface area contributed by atoms with Crippen LogP contribution >= 0.6 is 11.6 Å². The van der Waals surface area contributed by atoms with Crippen molar-refractivity contribution in [2.45, 2.75) is 117 Å². The molecule has 4 unspecified atom stereocenters.